The van der Waals surface area contributed by atoms with Crippen molar-refractivity contribution < 1.29 is 18.7 Å². The number of carbonyl (C=O) groups excluding carboxylic acids is 2. The van der Waals surface area contributed by atoms with Crippen molar-refractivity contribution in [2.75, 3.05) is 11.9 Å². The van der Waals surface area contributed by atoms with Crippen LogP contribution in [0.15, 0.2) is 22.8 Å². The number of pyridine rings is 1. The zero-order valence-corrected chi connectivity index (χ0v) is 15.2. The van der Waals surface area contributed by atoms with Gasteiger partial charge in [0.1, 0.15) is 28.2 Å². The molecule has 0 aromatic carbocycles. The summed E-state index contributed by atoms with van der Waals surface area (Å²) < 4.78 is 20.1. The molecule has 1 fully saturated rings. The number of rotatable bonds is 2. The minimum Gasteiger partial charge on any atom is -0.444 e. The molecule has 3 unspecified atom stereocenters. The Kier molecular flexibility index (Phi) is 5.44. The van der Waals surface area contributed by atoms with Crippen LogP contribution in [0.1, 0.15) is 20.8 Å². The van der Waals surface area contributed by atoms with Crippen molar-refractivity contribution in [1.82, 2.24) is 9.88 Å². The number of hydrogen-bond donors (Lipinski definition) is 2. The first-order valence-electron chi connectivity index (χ1n) is 7.41. The summed E-state index contributed by atoms with van der Waals surface area (Å²) in [6.07, 6.45) is -2.47. The van der Waals surface area contributed by atoms with Gasteiger partial charge in [0.2, 0.25) is 0 Å². The summed E-state index contributed by atoms with van der Waals surface area (Å²) in [5, 5.41) is 2.50. The van der Waals surface area contributed by atoms with Gasteiger partial charge in [-0.05, 0) is 48.8 Å². The number of likely N-dealkylation sites (tertiary alicyclic amines) is 1. The number of carbonyl (C=O) groups is 2. The van der Waals surface area contributed by atoms with E-state index in [-0.39, 0.29) is 12.4 Å². The number of anilines is 1. The molecule has 132 valence electrons. The maximum absolute atomic E-state index is 14.4. The van der Waals surface area contributed by atoms with Crippen LogP contribution in [-0.4, -0.2) is 52.3 Å². The summed E-state index contributed by atoms with van der Waals surface area (Å²) in [6.45, 7) is 4.97. The predicted molar refractivity (Wildman–Crippen MR) is 90.2 cm³/mol. The Morgan fingerprint density at radius 1 is 1.46 bits per heavy atom. The van der Waals surface area contributed by atoms with Crippen LogP contribution >= 0.6 is 15.9 Å². The molecule has 9 heteroatoms. The van der Waals surface area contributed by atoms with Crippen LogP contribution in [0.4, 0.5) is 15.0 Å². The maximum Gasteiger partial charge on any atom is 0.411 e. The lowest BCUT2D eigenvalue weighted by atomic mass is 10.1. The van der Waals surface area contributed by atoms with E-state index in [0.29, 0.717) is 4.60 Å². The summed E-state index contributed by atoms with van der Waals surface area (Å²) >= 11 is 3.18. The standard InChI is InChI=1S/C15H20BrFN4O3/c1-15(2,3)24-14(23)21-7-8(18)11(17)12(21)13(22)20-10-6-4-5-9(16)19-10/h4-6,8,11-12H,7,18H2,1-3H3,(H,19,20,22). The van der Waals surface area contributed by atoms with E-state index in [1.165, 1.54) is 0 Å². The molecule has 0 spiro atoms. The molecule has 2 rings (SSSR count). The van der Waals surface area contributed by atoms with Crippen molar-refractivity contribution in [1.29, 1.82) is 0 Å². The van der Waals surface area contributed by atoms with E-state index in [1.807, 2.05) is 0 Å². The normalized spacial score (nSPS) is 23.9. The molecule has 1 aliphatic heterocycles. The molecule has 0 bridgehead atoms. The molecule has 7 nitrogen and oxygen atoms in total. The van der Waals surface area contributed by atoms with Crippen LogP contribution in [-0.2, 0) is 9.53 Å². The zero-order valence-electron chi connectivity index (χ0n) is 13.6. The Labute approximate surface area is 147 Å². The number of aromatic nitrogens is 1. The second kappa shape index (κ2) is 7.02. The quantitative estimate of drug-likeness (QED) is 0.737. The van der Waals surface area contributed by atoms with Crippen LogP contribution in [0.3, 0.4) is 0 Å². The van der Waals surface area contributed by atoms with Gasteiger partial charge in [0.05, 0.1) is 6.04 Å². The van der Waals surface area contributed by atoms with E-state index in [9.17, 15) is 14.0 Å². The molecule has 2 amide bonds. The van der Waals surface area contributed by atoms with Crippen molar-refractivity contribution in [2.45, 2.75) is 44.6 Å². The minimum atomic E-state index is -1.69. The summed E-state index contributed by atoms with van der Waals surface area (Å²) in [5.74, 6) is -0.460. The number of amides is 2. The average Bonchev–Trinajstić information content (AvgIpc) is 2.73. The van der Waals surface area contributed by atoms with E-state index in [2.05, 4.69) is 26.2 Å². The van der Waals surface area contributed by atoms with Crippen molar-refractivity contribution >= 4 is 33.7 Å². The van der Waals surface area contributed by atoms with Crippen molar-refractivity contribution in [3.8, 4) is 0 Å². The van der Waals surface area contributed by atoms with Gasteiger partial charge >= 0.3 is 6.09 Å². The number of alkyl halides is 1. The summed E-state index contributed by atoms with van der Waals surface area (Å²) in [5.41, 5.74) is 4.93. The second-order valence-electron chi connectivity index (χ2n) is 6.52. The molecule has 3 atom stereocenters. The van der Waals surface area contributed by atoms with Gasteiger partial charge in [-0.25, -0.2) is 14.2 Å². The lowest BCUT2D eigenvalue weighted by Gasteiger charge is -2.28. The third-order valence-corrected chi connectivity index (χ3v) is 3.76. The van der Waals surface area contributed by atoms with Crippen LogP contribution < -0.4 is 11.1 Å². The lowest BCUT2D eigenvalue weighted by molar-refractivity contribution is -0.121. The highest BCUT2D eigenvalue weighted by atomic mass is 79.9. The highest BCUT2D eigenvalue weighted by Gasteiger charge is 2.48. The van der Waals surface area contributed by atoms with Crippen LogP contribution in [0.2, 0.25) is 0 Å². The molecule has 1 aliphatic rings. The summed E-state index contributed by atoms with van der Waals surface area (Å²) in [7, 11) is 0. The zero-order chi connectivity index (χ0) is 18.1. The molecular weight excluding hydrogens is 383 g/mol. The smallest absolute Gasteiger partial charge is 0.411 e. The van der Waals surface area contributed by atoms with Gasteiger partial charge in [-0.1, -0.05) is 6.07 Å². The molecule has 24 heavy (non-hydrogen) atoms. The molecule has 1 aromatic heterocycles. The SMILES string of the molecule is CC(C)(C)OC(=O)N1CC(N)C(F)C1C(=O)Nc1cccc(Br)n1. The van der Waals surface area contributed by atoms with Gasteiger partial charge in [0, 0.05) is 6.54 Å². The topological polar surface area (TPSA) is 97.5 Å². The number of halogens is 2. The van der Waals surface area contributed by atoms with Gasteiger partial charge in [0.15, 0.2) is 0 Å². The lowest BCUT2D eigenvalue weighted by Crippen LogP contribution is -2.48. The fraction of sp³-hybridized carbons (Fsp3) is 0.533. The molecule has 3 N–H and O–H groups in total. The first-order valence-corrected chi connectivity index (χ1v) is 8.20. The molecule has 2 heterocycles. The van der Waals surface area contributed by atoms with E-state index in [4.69, 9.17) is 10.5 Å². The van der Waals surface area contributed by atoms with Crippen molar-refractivity contribution in [3.63, 3.8) is 0 Å². The number of ether oxygens (including phenoxy) is 1. The molecule has 0 radical (unpaired) electrons. The average molecular weight is 403 g/mol. The van der Waals surface area contributed by atoms with Gasteiger partial charge in [-0.3, -0.25) is 9.69 Å². The van der Waals surface area contributed by atoms with E-state index < -0.39 is 35.9 Å². The number of hydrogen-bond acceptors (Lipinski definition) is 5. The van der Waals surface area contributed by atoms with Gasteiger partial charge in [0.25, 0.3) is 5.91 Å². The number of nitrogens with one attached hydrogen (secondary N) is 1. The van der Waals surface area contributed by atoms with Crippen LogP contribution in [0, 0.1) is 0 Å². The molecular formula is C15H20BrFN4O3. The fourth-order valence-electron chi connectivity index (χ4n) is 2.32. The summed E-state index contributed by atoms with van der Waals surface area (Å²) in [4.78, 5) is 29.8. The second-order valence-corrected chi connectivity index (χ2v) is 7.33. The highest BCUT2D eigenvalue weighted by molar-refractivity contribution is 9.10. The maximum atomic E-state index is 14.4. The molecule has 1 saturated heterocycles. The third kappa shape index (κ3) is 4.41. The Balaban J connectivity index is 2.17. The number of nitrogens with zero attached hydrogens (tertiary/aromatic N) is 2. The Bertz CT molecular complexity index is 637. The number of nitrogens with two attached hydrogens (primary N) is 1. The van der Waals surface area contributed by atoms with E-state index in [1.54, 1.807) is 39.0 Å². The van der Waals surface area contributed by atoms with E-state index >= 15 is 0 Å². The highest BCUT2D eigenvalue weighted by Crippen LogP contribution is 2.24. The monoisotopic (exact) mass is 402 g/mol. The third-order valence-electron chi connectivity index (χ3n) is 3.32. The van der Waals surface area contributed by atoms with Crippen molar-refractivity contribution in [3.05, 3.63) is 22.8 Å². The molecule has 0 saturated carbocycles. The first kappa shape index (κ1) is 18.6. The Morgan fingerprint density at radius 2 is 2.12 bits per heavy atom. The Hall–Kier alpha value is -1.74. The van der Waals surface area contributed by atoms with Gasteiger partial charge in [-0.2, -0.15) is 0 Å². The van der Waals surface area contributed by atoms with Crippen LogP contribution in [0.25, 0.3) is 0 Å². The Morgan fingerprint density at radius 3 is 2.71 bits per heavy atom. The van der Waals surface area contributed by atoms with E-state index in [0.717, 1.165) is 4.90 Å². The first-order chi connectivity index (χ1) is 11.1. The molecule has 1 aromatic rings. The van der Waals surface area contributed by atoms with Crippen molar-refractivity contribution in [2.24, 2.45) is 5.73 Å². The van der Waals surface area contributed by atoms with Gasteiger partial charge < -0.3 is 15.8 Å². The predicted octanol–water partition coefficient (Wildman–Crippen LogP) is 2.07. The van der Waals surface area contributed by atoms with Gasteiger partial charge in [-0.15, -0.1) is 0 Å². The fourth-order valence-corrected chi connectivity index (χ4v) is 2.66. The summed E-state index contributed by atoms with van der Waals surface area (Å²) in [6, 6.07) is 2.60. The van der Waals surface area contributed by atoms with Crippen LogP contribution in [0.5, 0.6) is 0 Å². The minimum absolute atomic E-state index is 0.0971. The molecule has 0 aliphatic carbocycles. The largest absolute Gasteiger partial charge is 0.444 e.